The van der Waals surface area contributed by atoms with E-state index in [4.69, 9.17) is 9.72 Å². The SMILES string of the molecule is COc1ccccc1CN(C)C(=O)CN1CCC[C@@H](c2nc3ccccc3s2)C1. The zero-order chi connectivity index (χ0) is 20.2. The molecule has 0 N–H and O–H groups in total. The molecule has 1 fully saturated rings. The van der Waals surface area contributed by atoms with Crippen molar-refractivity contribution in [3.8, 4) is 5.75 Å². The summed E-state index contributed by atoms with van der Waals surface area (Å²) in [4.78, 5) is 21.7. The summed E-state index contributed by atoms with van der Waals surface area (Å²) in [5.74, 6) is 1.37. The van der Waals surface area contributed by atoms with Gasteiger partial charge in [0.1, 0.15) is 5.75 Å². The molecule has 1 atom stereocenters. The monoisotopic (exact) mass is 409 g/mol. The van der Waals surface area contributed by atoms with Gasteiger partial charge in [-0.2, -0.15) is 0 Å². The third-order valence-electron chi connectivity index (χ3n) is 5.55. The number of likely N-dealkylation sites (tertiary alicyclic amines) is 1. The van der Waals surface area contributed by atoms with E-state index in [-0.39, 0.29) is 5.91 Å². The highest BCUT2D eigenvalue weighted by Gasteiger charge is 2.26. The predicted molar refractivity (Wildman–Crippen MR) is 118 cm³/mol. The molecule has 1 saturated heterocycles. The third-order valence-corrected chi connectivity index (χ3v) is 6.75. The van der Waals surface area contributed by atoms with Gasteiger partial charge in [-0.25, -0.2) is 4.98 Å². The van der Waals surface area contributed by atoms with Crippen molar-refractivity contribution >= 4 is 27.5 Å². The number of carbonyl (C=O) groups excluding carboxylic acids is 1. The summed E-state index contributed by atoms with van der Waals surface area (Å²) < 4.78 is 6.65. The summed E-state index contributed by atoms with van der Waals surface area (Å²) in [6.07, 6.45) is 2.24. The quantitative estimate of drug-likeness (QED) is 0.614. The molecule has 6 heteroatoms. The third kappa shape index (κ3) is 4.60. The highest BCUT2D eigenvalue weighted by atomic mass is 32.1. The zero-order valence-corrected chi connectivity index (χ0v) is 17.8. The molecular weight excluding hydrogens is 382 g/mol. The lowest BCUT2D eigenvalue weighted by Crippen LogP contribution is -2.42. The molecule has 1 aliphatic heterocycles. The van der Waals surface area contributed by atoms with Gasteiger partial charge < -0.3 is 9.64 Å². The number of para-hydroxylation sites is 2. The van der Waals surface area contributed by atoms with Crippen LogP contribution in [0.4, 0.5) is 0 Å². The van der Waals surface area contributed by atoms with E-state index < -0.39 is 0 Å². The average molecular weight is 410 g/mol. The van der Waals surface area contributed by atoms with Gasteiger partial charge in [-0.3, -0.25) is 9.69 Å². The van der Waals surface area contributed by atoms with E-state index in [0.717, 1.165) is 42.8 Å². The Morgan fingerprint density at radius 3 is 2.86 bits per heavy atom. The summed E-state index contributed by atoms with van der Waals surface area (Å²) >= 11 is 1.79. The standard InChI is InChI=1S/C23H27N3O2S/c1-25(14-17-8-3-5-11-20(17)28-2)22(27)16-26-13-7-9-18(15-26)23-24-19-10-4-6-12-21(19)29-23/h3-6,8,10-12,18H,7,9,13-16H2,1-2H3/t18-/m1/s1. The fourth-order valence-corrected chi connectivity index (χ4v) is 5.05. The smallest absolute Gasteiger partial charge is 0.236 e. The number of piperidine rings is 1. The first-order valence-electron chi connectivity index (χ1n) is 10.1. The van der Waals surface area contributed by atoms with Gasteiger partial charge in [0.05, 0.1) is 28.9 Å². The van der Waals surface area contributed by atoms with Crippen molar-refractivity contribution in [2.45, 2.75) is 25.3 Å². The second kappa shape index (κ2) is 8.93. The number of aromatic nitrogens is 1. The maximum Gasteiger partial charge on any atom is 0.236 e. The fourth-order valence-electron chi connectivity index (χ4n) is 3.95. The number of ether oxygens (including phenoxy) is 1. The fraction of sp³-hybridized carbons (Fsp3) is 0.391. The molecule has 2 aromatic carbocycles. The molecule has 1 aliphatic rings. The van der Waals surface area contributed by atoms with Gasteiger partial charge in [0.2, 0.25) is 5.91 Å². The molecule has 1 aromatic heterocycles. The summed E-state index contributed by atoms with van der Waals surface area (Å²) in [6, 6.07) is 16.2. The molecule has 0 aliphatic carbocycles. The molecule has 0 saturated carbocycles. The minimum Gasteiger partial charge on any atom is -0.496 e. The molecule has 0 bridgehead atoms. The van der Waals surface area contributed by atoms with Crippen molar-refractivity contribution in [1.82, 2.24) is 14.8 Å². The Hall–Kier alpha value is -2.44. The average Bonchev–Trinajstić information content (AvgIpc) is 3.18. The van der Waals surface area contributed by atoms with Gasteiger partial charge in [0, 0.05) is 31.6 Å². The van der Waals surface area contributed by atoms with Crippen LogP contribution in [0.1, 0.15) is 29.3 Å². The van der Waals surface area contributed by atoms with Crippen LogP contribution in [0.5, 0.6) is 5.75 Å². The molecule has 1 amide bonds. The summed E-state index contributed by atoms with van der Waals surface area (Å²) in [5, 5.41) is 1.20. The number of nitrogens with zero attached hydrogens (tertiary/aromatic N) is 3. The Balaban J connectivity index is 1.37. The highest BCUT2D eigenvalue weighted by Crippen LogP contribution is 2.32. The Morgan fingerprint density at radius 2 is 2.03 bits per heavy atom. The van der Waals surface area contributed by atoms with E-state index in [0.29, 0.717) is 19.0 Å². The molecule has 3 aromatic rings. The topological polar surface area (TPSA) is 45.7 Å². The van der Waals surface area contributed by atoms with Crippen LogP contribution in [0.25, 0.3) is 10.2 Å². The van der Waals surface area contributed by atoms with Gasteiger partial charge in [-0.05, 0) is 37.6 Å². The van der Waals surface area contributed by atoms with Crippen LogP contribution in [0.3, 0.4) is 0 Å². The lowest BCUT2D eigenvalue weighted by atomic mass is 9.98. The van der Waals surface area contributed by atoms with Gasteiger partial charge in [-0.1, -0.05) is 30.3 Å². The lowest BCUT2D eigenvalue weighted by molar-refractivity contribution is -0.132. The van der Waals surface area contributed by atoms with Crippen molar-refractivity contribution in [3.63, 3.8) is 0 Å². The van der Waals surface area contributed by atoms with Crippen molar-refractivity contribution in [2.24, 2.45) is 0 Å². The molecular formula is C23H27N3O2S. The zero-order valence-electron chi connectivity index (χ0n) is 17.0. The molecule has 0 unspecified atom stereocenters. The van der Waals surface area contributed by atoms with Gasteiger partial charge in [0.25, 0.3) is 0 Å². The molecule has 2 heterocycles. The summed E-state index contributed by atoms with van der Waals surface area (Å²) in [6.45, 7) is 2.87. The number of fused-ring (bicyclic) bond motifs is 1. The number of hydrogen-bond acceptors (Lipinski definition) is 5. The number of rotatable bonds is 6. The van der Waals surface area contributed by atoms with Gasteiger partial charge >= 0.3 is 0 Å². The largest absolute Gasteiger partial charge is 0.496 e. The Morgan fingerprint density at radius 1 is 1.24 bits per heavy atom. The molecule has 29 heavy (non-hydrogen) atoms. The van der Waals surface area contributed by atoms with Gasteiger partial charge in [-0.15, -0.1) is 11.3 Å². The first kappa shape index (κ1) is 19.9. The van der Waals surface area contributed by atoms with E-state index in [1.54, 1.807) is 23.3 Å². The van der Waals surface area contributed by atoms with E-state index in [1.807, 2.05) is 37.4 Å². The number of thiazole rings is 1. The molecule has 0 spiro atoms. The van der Waals surface area contributed by atoms with Crippen molar-refractivity contribution < 1.29 is 9.53 Å². The minimum atomic E-state index is 0.140. The number of methoxy groups -OCH3 is 1. The molecule has 152 valence electrons. The number of benzene rings is 2. The van der Waals surface area contributed by atoms with Crippen LogP contribution in [-0.4, -0.2) is 54.5 Å². The van der Waals surface area contributed by atoms with Crippen LogP contribution in [0.2, 0.25) is 0 Å². The second-order valence-corrected chi connectivity index (χ2v) is 8.72. The van der Waals surface area contributed by atoms with E-state index >= 15 is 0 Å². The number of likely N-dealkylation sites (N-methyl/N-ethyl adjacent to an activating group) is 1. The van der Waals surface area contributed by atoms with Crippen molar-refractivity contribution in [1.29, 1.82) is 0 Å². The van der Waals surface area contributed by atoms with Crippen LogP contribution in [0.15, 0.2) is 48.5 Å². The van der Waals surface area contributed by atoms with Crippen LogP contribution >= 0.6 is 11.3 Å². The van der Waals surface area contributed by atoms with Crippen LogP contribution in [0, 0.1) is 0 Å². The van der Waals surface area contributed by atoms with Gasteiger partial charge in [0.15, 0.2) is 0 Å². The normalized spacial score (nSPS) is 17.4. The molecule has 0 radical (unpaired) electrons. The predicted octanol–water partition coefficient (Wildman–Crippen LogP) is 4.14. The summed E-state index contributed by atoms with van der Waals surface area (Å²) in [5.41, 5.74) is 2.11. The second-order valence-electron chi connectivity index (χ2n) is 7.66. The highest BCUT2D eigenvalue weighted by molar-refractivity contribution is 7.18. The first-order valence-corrected chi connectivity index (χ1v) is 10.9. The maximum atomic E-state index is 12.8. The van der Waals surface area contributed by atoms with Crippen LogP contribution in [-0.2, 0) is 11.3 Å². The Labute approximate surface area is 175 Å². The minimum absolute atomic E-state index is 0.140. The Kier molecular flexibility index (Phi) is 6.11. The van der Waals surface area contributed by atoms with E-state index in [1.165, 1.54) is 9.71 Å². The number of carbonyl (C=O) groups is 1. The molecule has 5 nitrogen and oxygen atoms in total. The number of hydrogen-bond donors (Lipinski definition) is 0. The summed E-state index contributed by atoms with van der Waals surface area (Å²) in [7, 11) is 3.53. The van der Waals surface area contributed by atoms with E-state index in [9.17, 15) is 4.79 Å². The number of amides is 1. The lowest BCUT2D eigenvalue weighted by Gasteiger charge is -2.32. The van der Waals surface area contributed by atoms with E-state index in [2.05, 4.69) is 23.1 Å². The van der Waals surface area contributed by atoms with Crippen LogP contribution < -0.4 is 4.74 Å². The Bertz CT molecular complexity index is 954. The van der Waals surface area contributed by atoms with Crippen molar-refractivity contribution in [2.75, 3.05) is 33.8 Å². The first-order chi connectivity index (χ1) is 14.1. The maximum absolute atomic E-state index is 12.8. The van der Waals surface area contributed by atoms with Crippen molar-refractivity contribution in [3.05, 3.63) is 59.1 Å². The molecule has 4 rings (SSSR count).